The number of hydrogen-bond acceptors (Lipinski definition) is 5. The molecule has 1 aromatic carbocycles. The molecule has 1 heterocycles. The van der Waals surface area contributed by atoms with Crippen LogP contribution < -0.4 is 10.2 Å². The number of nitrogens with one attached hydrogen (secondary N) is 1. The van der Waals surface area contributed by atoms with Crippen molar-refractivity contribution in [3.63, 3.8) is 0 Å². The molecule has 0 amide bonds. The van der Waals surface area contributed by atoms with E-state index in [9.17, 15) is 9.90 Å². The Hall–Kier alpha value is -2.47. The first-order chi connectivity index (χ1) is 10.1. The predicted molar refractivity (Wildman–Crippen MR) is 80.0 cm³/mol. The molecule has 2 aromatic rings. The molecule has 0 spiro atoms. The number of benzene rings is 1. The van der Waals surface area contributed by atoms with Crippen molar-refractivity contribution in [2.45, 2.75) is 12.6 Å². The van der Waals surface area contributed by atoms with Crippen LogP contribution in [0.2, 0.25) is 0 Å². The van der Waals surface area contributed by atoms with Crippen LogP contribution in [0.25, 0.3) is 0 Å². The van der Waals surface area contributed by atoms with Crippen LogP contribution in [0.1, 0.15) is 17.2 Å². The van der Waals surface area contributed by atoms with Gasteiger partial charge >= 0.3 is 5.97 Å². The summed E-state index contributed by atoms with van der Waals surface area (Å²) in [5, 5.41) is 12.3. The highest BCUT2D eigenvalue weighted by atomic mass is 16.4. The fourth-order valence-corrected chi connectivity index (χ4v) is 1.88. The number of rotatable bonds is 6. The molecule has 21 heavy (non-hydrogen) atoms. The van der Waals surface area contributed by atoms with Crippen LogP contribution in [0.15, 0.2) is 42.7 Å². The number of carboxylic acid groups (broad SMARTS) is 1. The Balaban J connectivity index is 2.04. The van der Waals surface area contributed by atoms with E-state index in [0.29, 0.717) is 12.5 Å². The standard InChI is InChI=1S/C15H18N4O2/c1-19(2)15-17-9-11(10-18-15)8-16-13(14(20)21)12-6-4-3-5-7-12/h3-7,9-10,13,16H,8H2,1-2H3,(H,20,21)/t13-/m1/s1. The molecule has 6 heteroatoms. The fourth-order valence-electron chi connectivity index (χ4n) is 1.88. The highest BCUT2D eigenvalue weighted by Gasteiger charge is 2.18. The minimum Gasteiger partial charge on any atom is -0.480 e. The average molecular weight is 286 g/mol. The molecule has 6 nitrogen and oxygen atoms in total. The summed E-state index contributed by atoms with van der Waals surface area (Å²) < 4.78 is 0. The number of carboxylic acids is 1. The average Bonchev–Trinajstić information content (AvgIpc) is 2.48. The van der Waals surface area contributed by atoms with Crippen LogP contribution in [0.5, 0.6) is 0 Å². The monoisotopic (exact) mass is 286 g/mol. The van der Waals surface area contributed by atoms with Gasteiger partial charge in [0.25, 0.3) is 0 Å². The molecule has 0 fully saturated rings. The molecule has 2 N–H and O–H groups in total. The number of aliphatic carboxylic acids is 1. The van der Waals surface area contributed by atoms with E-state index in [1.165, 1.54) is 0 Å². The number of aromatic nitrogens is 2. The maximum Gasteiger partial charge on any atom is 0.325 e. The molecule has 1 aromatic heterocycles. The highest BCUT2D eigenvalue weighted by Crippen LogP contribution is 2.13. The molecular weight excluding hydrogens is 268 g/mol. The Bertz CT molecular complexity index is 584. The second-order valence-electron chi connectivity index (χ2n) is 4.85. The van der Waals surface area contributed by atoms with Gasteiger partial charge in [0.2, 0.25) is 5.95 Å². The normalized spacial score (nSPS) is 11.9. The van der Waals surface area contributed by atoms with Gasteiger partial charge in [-0.15, -0.1) is 0 Å². The molecule has 0 saturated heterocycles. The summed E-state index contributed by atoms with van der Waals surface area (Å²) in [5.74, 6) is -0.288. The molecule has 1 atom stereocenters. The summed E-state index contributed by atoms with van der Waals surface area (Å²) in [7, 11) is 3.73. The van der Waals surface area contributed by atoms with E-state index in [4.69, 9.17) is 0 Å². The van der Waals surface area contributed by atoms with Gasteiger partial charge in [0, 0.05) is 38.6 Å². The van der Waals surface area contributed by atoms with Gasteiger partial charge in [0.15, 0.2) is 0 Å². The lowest BCUT2D eigenvalue weighted by molar-refractivity contribution is -0.139. The summed E-state index contributed by atoms with van der Waals surface area (Å²) in [6.07, 6.45) is 3.39. The van der Waals surface area contributed by atoms with E-state index < -0.39 is 12.0 Å². The van der Waals surface area contributed by atoms with Gasteiger partial charge in [0.1, 0.15) is 6.04 Å². The van der Waals surface area contributed by atoms with Gasteiger partial charge in [-0.2, -0.15) is 0 Å². The number of anilines is 1. The second kappa shape index (κ2) is 6.81. The van der Waals surface area contributed by atoms with Crippen molar-refractivity contribution in [2.75, 3.05) is 19.0 Å². The van der Waals surface area contributed by atoms with Crippen molar-refractivity contribution in [2.24, 2.45) is 0 Å². The summed E-state index contributed by atoms with van der Waals surface area (Å²) in [5.41, 5.74) is 1.55. The van der Waals surface area contributed by atoms with E-state index in [1.54, 1.807) is 29.4 Å². The zero-order chi connectivity index (χ0) is 15.2. The lowest BCUT2D eigenvalue weighted by Gasteiger charge is -2.15. The Morgan fingerprint density at radius 2 is 1.86 bits per heavy atom. The van der Waals surface area contributed by atoms with E-state index in [2.05, 4.69) is 15.3 Å². The zero-order valence-electron chi connectivity index (χ0n) is 12.0. The SMILES string of the molecule is CN(C)c1ncc(CN[C@@H](C(=O)O)c2ccccc2)cn1. The molecule has 110 valence electrons. The van der Waals surface area contributed by atoms with Crippen LogP contribution in [0.3, 0.4) is 0 Å². The van der Waals surface area contributed by atoms with E-state index in [1.807, 2.05) is 32.3 Å². The maximum atomic E-state index is 11.4. The van der Waals surface area contributed by atoms with Crippen LogP contribution in [-0.4, -0.2) is 35.1 Å². The third-order valence-corrected chi connectivity index (χ3v) is 2.98. The summed E-state index contributed by atoms with van der Waals surface area (Å²) >= 11 is 0. The third kappa shape index (κ3) is 4.00. The summed E-state index contributed by atoms with van der Waals surface area (Å²) in [4.78, 5) is 21.6. The summed E-state index contributed by atoms with van der Waals surface area (Å²) in [6, 6.07) is 8.33. The van der Waals surface area contributed by atoms with Crippen LogP contribution in [-0.2, 0) is 11.3 Å². The first-order valence-electron chi connectivity index (χ1n) is 6.57. The molecule has 0 radical (unpaired) electrons. The molecule has 0 unspecified atom stereocenters. The van der Waals surface area contributed by atoms with E-state index >= 15 is 0 Å². The first kappa shape index (κ1) is 14.9. The zero-order valence-corrected chi connectivity index (χ0v) is 12.0. The number of nitrogens with zero attached hydrogens (tertiary/aromatic N) is 3. The molecule has 0 saturated carbocycles. The first-order valence-corrected chi connectivity index (χ1v) is 6.57. The Morgan fingerprint density at radius 3 is 2.38 bits per heavy atom. The van der Waals surface area contributed by atoms with Crippen LogP contribution in [0, 0.1) is 0 Å². The summed E-state index contributed by atoms with van der Waals surface area (Å²) in [6.45, 7) is 0.388. The van der Waals surface area contributed by atoms with Crippen molar-refractivity contribution >= 4 is 11.9 Å². The lowest BCUT2D eigenvalue weighted by Crippen LogP contribution is -2.28. The molecular formula is C15H18N4O2. The van der Waals surface area contributed by atoms with Crippen LogP contribution >= 0.6 is 0 Å². The largest absolute Gasteiger partial charge is 0.480 e. The molecule has 0 aliphatic heterocycles. The van der Waals surface area contributed by atoms with E-state index in [-0.39, 0.29) is 0 Å². The fraction of sp³-hybridized carbons (Fsp3) is 0.267. The van der Waals surface area contributed by atoms with E-state index in [0.717, 1.165) is 11.1 Å². The van der Waals surface area contributed by atoms with Gasteiger partial charge < -0.3 is 10.0 Å². The van der Waals surface area contributed by atoms with Crippen molar-refractivity contribution in [3.05, 3.63) is 53.9 Å². The quantitative estimate of drug-likeness (QED) is 0.837. The maximum absolute atomic E-state index is 11.4. The minimum absolute atomic E-state index is 0.388. The minimum atomic E-state index is -0.910. The molecule has 2 rings (SSSR count). The Labute approximate surface area is 123 Å². The van der Waals surface area contributed by atoms with Crippen molar-refractivity contribution in [3.8, 4) is 0 Å². The Kier molecular flexibility index (Phi) is 4.84. The van der Waals surface area contributed by atoms with Gasteiger partial charge in [-0.25, -0.2) is 9.97 Å². The Morgan fingerprint density at radius 1 is 1.24 bits per heavy atom. The van der Waals surface area contributed by atoms with Gasteiger partial charge in [-0.05, 0) is 5.56 Å². The second-order valence-corrected chi connectivity index (χ2v) is 4.85. The van der Waals surface area contributed by atoms with Gasteiger partial charge in [-0.3, -0.25) is 10.1 Å². The molecule has 0 aliphatic carbocycles. The topological polar surface area (TPSA) is 78.4 Å². The predicted octanol–water partition coefficient (Wildman–Crippen LogP) is 1.46. The molecule has 0 aliphatic rings. The van der Waals surface area contributed by atoms with Gasteiger partial charge in [0.05, 0.1) is 0 Å². The lowest BCUT2D eigenvalue weighted by atomic mass is 10.1. The van der Waals surface area contributed by atoms with Crippen molar-refractivity contribution in [1.82, 2.24) is 15.3 Å². The highest BCUT2D eigenvalue weighted by molar-refractivity contribution is 5.75. The van der Waals surface area contributed by atoms with Crippen molar-refractivity contribution in [1.29, 1.82) is 0 Å². The number of hydrogen-bond donors (Lipinski definition) is 2. The van der Waals surface area contributed by atoms with Crippen molar-refractivity contribution < 1.29 is 9.90 Å². The van der Waals surface area contributed by atoms with Gasteiger partial charge in [-0.1, -0.05) is 30.3 Å². The smallest absolute Gasteiger partial charge is 0.325 e. The molecule has 0 bridgehead atoms. The third-order valence-electron chi connectivity index (χ3n) is 2.98. The van der Waals surface area contributed by atoms with Crippen LogP contribution in [0.4, 0.5) is 5.95 Å². The number of carbonyl (C=O) groups is 1.